The second kappa shape index (κ2) is 8.21. The van der Waals surface area contributed by atoms with Crippen molar-refractivity contribution in [2.45, 2.75) is 12.8 Å². The molecule has 0 bridgehead atoms. The third-order valence-corrected chi connectivity index (χ3v) is 4.29. The summed E-state index contributed by atoms with van der Waals surface area (Å²) in [7, 11) is 0. The van der Waals surface area contributed by atoms with Gasteiger partial charge in [0, 0.05) is 29.8 Å². The Morgan fingerprint density at radius 2 is 1.88 bits per heavy atom. The molecule has 8 heteroatoms. The number of thiazole rings is 1. The van der Waals surface area contributed by atoms with Gasteiger partial charge in [-0.25, -0.2) is 4.98 Å². The number of carbonyl (C=O) groups is 2. The van der Waals surface area contributed by atoms with Gasteiger partial charge in [0.15, 0.2) is 5.13 Å². The van der Waals surface area contributed by atoms with Gasteiger partial charge in [-0.1, -0.05) is 18.2 Å². The molecule has 0 spiro atoms. The first kappa shape index (κ1) is 17.6. The number of aryl methyl sites for hydroxylation is 1. The Bertz CT molecular complexity index is 945. The maximum atomic E-state index is 12.1. The Morgan fingerprint density at radius 3 is 2.62 bits per heavy atom. The molecular weight excluding hydrogens is 352 g/mol. The number of anilines is 2. The molecule has 0 aliphatic carbocycles. The number of nitrogens with zero attached hydrogens (tertiary/aromatic N) is 1. The van der Waals surface area contributed by atoms with Gasteiger partial charge in [0.25, 0.3) is 5.91 Å². The van der Waals surface area contributed by atoms with Crippen molar-refractivity contribution < 1.29 is 9.59 Å². The number of aromatic nitrogens is 2. The van der Waals surface area contributed by atoms with E-state index in [9.17, 15) is 14.4 Å². The van der Waals surface area contributed by atoms with Crippen LogP contribution in [0.1, 0.15) is 22.5 Å². The van der Waals surface area contributed by atoms with Crippen molar-refractivity contribution in [2.24, 2.45) is 0 Å². The van der Waals surface area contributed by atoms with E-state index in [0.29, 0.717) is 23.5 Å². The predicted octanol–water partition coefficient (Wildman–Crippen LogP) is 2.66. The van der Waals surface area contributed by atoms with Gasteiger partial charge in [-0.05, 0) is 24.6 Å². The number of nitrogens with one attached hydrogen (secondary N) is 3. The van der Waals surface area contributed by atoms with Gasteiger partial charge in [-0.2, -0.15) is 0 Å². The first-order chi connectivity index (χ1) is 12.6. The summed E-state index contributed by atoms with van der Waals surface area (Å²) in [6, 6.07) is 12.0. The number of rotatable bonds is 6. The summed E-state index contributed by atoms with van der Waals surface area (Å²) in [5.74, 6) is -0.452. The molecule has 2 aromatic heterocycles. The maximum Gasteiger partial charge on any atom is 0.258 e. The summed E-state index contributed by atoms with van der Waals surface area (Å²) < 4.78 is 0. The number of hydrogen-bond acceptors (Lipinski definition) is 5. The number of benzene rings is 1. The van der Waals surface area contributed by atoms with Gasteiger partial charge in [-0.3, -0.25) is 19.7 Å². The molecule has 2 amide bonds. The van der Waals surface area contributed by atoms with Crippen LogP contribution in [0.25, 0.3) is 0 Å². The molecule has 0 fully saturated rings. The van der Waals surface area contributed by atoms with Crippen molar-refractivity contribution in [1.82, 2.24) is 9.97 Å². The van der Waals surface area contributed by atoms with Crippen LogP contribution in [0.5, 0.6) is 0 Å². The molecule has 2 heterocycles. The van der Waals surface area contributed by atoms with Crippen LogP contribution in [0.4, 0.5) is 10.8 Å². The van der Waals surface area contributed by atoms with Gasteiger partial charge >= 0.3 is 0 Å². The lowest BCUT2D eigenvalue weighted by atomic mass is 10.2. The van der Waals surface area contributed by atoms with E-state index in [1.807, 2.05) is 30.3 Å². The Kier molecular flexibility index (Phi) is 5.55. The van der Waals surface area contributed by atoms with Crippen LogP contribution in [-0.4, -0.2) is 21.8 Å². The number of para-hydroxylation sites is 1. The zero-order valence-electron chi connectivity index (χ0n) is 13.7. The third-order valence-electron chi connectivity index (χ3n) is 3.48. The lowest BCUT2D eigenvalue weighted by Gasteiger charge is -2.03. The van der Waals surface area contributed by atoms with Crippen LogP contribution in [0.2, 0.25) is 0 Å². The highest BCUT2D eigenvalue weighted by Gasteiger charge is 2.10. The highest BCUT2D eigenvalue weighted by Crippen LogP contribution is 2.17. The molecule has 3 N–H and O–H groups in total. The molecule has 132 valence electrons. The number of H-pyrrole nitrogens is 1. The second-order valence-corrected chi connectivity index (χ2v) is 6.31. The minimum atomic E-state index is -0.357. The predicted molar refractivity (Wildman–Crippen MR) is 101 cm³/mol. The van der Waals surface area contributed by atoms with Crippen LogP contribution in [-0.2, 0) is 11.2 Å². The quantitative estimate of drug-likeness (QED) is 0.622. The first-order valence-electron chi connectivity index (χ1n) is 7.89. The molecule has 0 atom stereocenters. The van der Waals surface area contributed by atoms with Crippen molar-refractivity contribution in [1.29, 1.82) is 0 Å². The first-order valence-corrected chi connectivity index (χ1v) is 8.77. The molecule has 0 unspecified atom stereocenters. The normalized spacial score (nSPS) is 10.3. The van der Waals surface area contributed by atoms with Crippen LogP contribution in [0.3, 0.4) is 0 Å². The largest absolute Gasteiger partial charge is 0.328 e. The van der Waals surface area contributed by atoms with Gasteiger partial charge in [-0.15, -0.1) is 11.3 Å². The molecular formula is C18H16N4O3S. The molecule has 26 heavy (non-hydrogen) atoms. The fraction of sp³-hybridized carbons (Fsp3) is 0.111. The smallest absolute Gasteiger partial charge is 0.258 e. The Hall–Kier alpha value is -3.26. The molecule has 0 aliphatic heterocycles. The molecule has 0 saturated heterocycles. The average Bonchev–Trinajstić information content (AvgIpc) is 3.09. The summed E-state index contributed by atoms with van der Waals surface area (Å²) in [6.45, 7) is 0. The highest BCUT2D eigenvalue weighted by atomic mass is 32.1. The van der Waals surface area contributed by atoms with Crippen LogP contribution in [0.15, 0.2) is 58.8 Å². The second-order valence-electron chi connectivity index (χ2n) is 5.45. The molecule has 0 aliphatic rings. The topological polar surface area (TPSA) is 104 Å². The standard InChI is InChI=1S/C18H16N4O3S/c23-15-8-6-12(10-19-15)17(25)22-18-21-14(11-26-18)7-9-16(24)20-13-4-2-1-3-5-13/h1-6,8,10-11H,7,9H2,(H,19,23)(H,20,24)(H,21,22,25). The molecule has 1 aromatic carbocycles. The SMILES string of the molecule is O=C(CCc1csc(NC(=O)c2ccc(=O)[nH]c2)n1)Nc1ccccc1. The summed E-state index contributed by atoms with van der Waals surface area (Å²) in [5, 5.41) is 7.73. The van der Waals surface area contributed by atoms with Crippen molar-refractivity contribution in [3.63, 3.8) is 0 Å². The van der Waals surface area contributed by atoms with Gasteiger partial charge < -0.3 is 10.3 Å². The Morgan fingerprint density at radius 1 is 1.08 bits per heavy atom. The summed E-state index contributed by atoms with van der Waals surface area (Å²) >= 11 is 1.28. The van der Waals surface area contributed by atoms with E-state index in [2.05, 4.69) is 20.6 Å². The Labute approximate surface area is 153 Å². The summed E-state index contributed by atoms with van der Waals surface area (Å²) in [5.41, 5.74) is 1.55. The van der Waals surface area contributed by atoms with Crippen molar-refractivity contribution >= 4 is 34.0 Å². The number of aromatic amines is 1. The van der Waals surface area contributed by atoms with Crippen LogP contribution in [0, 0.1) is 0 Å². The van der Waals surface area contributed by atoms with E-state index in [-0.39, 0.29) is 17.4 Å². The third kappa shape index (κ3) is 4.87. The Balaban J connectivity index is 1.51. The van der Waals surface area contributed by atoms with E-state index >= 15 is 0 Å². The van der Waals surface area contributed by atoms with Crippen LogP contribution >= 0.6 is 11.3 Å². The van der Waals surface area contributed by atoms with E-state index in [4.69, 9.17) is 0 Å². The molecule has 3 aromatic rings. The van der Waals surface area contributed by atoms with Crippen molar-refractivity contribution in [2.75, 3.05) is 10.6 Å². The number of pyridine rings is 1. The van der Waals surface area contributed by atoms with Crippen molar-refractivity contribution in [3.05, 3.63) is 75.7 Å². The van der Waals surface area contributed by atoms with E-state index < -0.39 is 0 Å². The molecule has 0 radical (unpaired) electrons. The van der Waals surface area contributed by atoms with E-state index in [1.54, 1.807) is 5.38 Å². The van der Waals surface area contributed by atoms with Gasteiger partial charge in [0.05, 0.1) is 11.3 Å². The average molecular weight is 368 g/mol. The van der Waals surface area contributed by atoms with Crippen LogP contribution < -0.4 is 16.2 Å². The maximum absolute atomic E-state index is 12.1. The van der Waals surface area contributed by atoms with E-state index in [1.165, 1.54) is 29.7 Å². The molecule has 7 nitrogen and oxygen atoms in total. The summed E-state index contributed by atoms with van der Waals surface area (Å²) in [6.07, 6.45) is 2.12. The lowest BCUT2D eigenvalue weighted by molar-refractivity contribution is -0.116. The number of amides is 2. The fourth-order valence-electron chi connectivity index (χ4n) is 2.19. The van der Waals surface area contributed by atoms with Crippen molar-refractivity contribution in [3.8, 4) is 0 Å². The molecule has 3 rings (SSSR count). The fourth-order valence-corrected chi connectivity index (χ4v) is 2.93. The zero-order valence-corrected chi connectivity index (χ0v) is 14.5. The summed E-state index contributed by atoms with van der Waals surface area (Å²) in [4.78, 5) is 41.8. The number of carbonyl (C=O) groups excluding carboxylic acids is 2. The number of hydrogen-bond donors (Lipinski definition) is 3. The molecule has 0 saturated carbocycles. The monoisotopic (exact) mass is 368 g/mol. The minimum absolute atomic E-state index is 0.0944. The van der Waals surface area contributed by atoms with Gasteiger partial charge in [0.2, 0.25) is 11.5 Å². The lowest BCUT2D eigenvalue weighted by Crippen LogP contribution is -2.14. The zero-order chi connectivity index (χ0) is 18.4. The van der Waals surface area contributed by atoms with E-state index in [0.717, 1.165) is 11.4 Å². The highest BCUT2D eigenvalue weighted by molar-refractivity contribution is 7.14. The van der Waals surface area contributed by atoms with Gasteiger partial charge in [0.1, 0.15) is 0 Å². The minimum Gasteiger partial charge on any atom is -0.328 e.